The molecule has 0 radical (unpaired) electrons. The number of rotatable bonds is 4. The van der Waals surface area contributed by atoms with Crippen molar-refractivity contribution >= 4 is 23.4 Å². The number of anilines is 1. The molecule has 0 saturated carbocycles. The van der Waals surface area contributed by atoms with Gasteiger partial charge in [-0.1, -0.05) is 18.2 Å². The third-order valence-corrected chi connectivity index (χ3v) is 4.96. The zero-order valence-electron chi connectivity index (χ0n) is 13.7. The number of piperidine rings is 1. The van der Waals surface area contributed by atoms with Crippen LogP contribution in [0.5, 0.6) is 0 Å². The van der Waals surface area contributed by atoms with Crippen molar-refractivity contribution in [2.24, 2.45) is 17.6 Å². The van der Waals surface area contributed by atoms with E-state index in [0.29, 0.717) is 26.1 Å². The lowest BCUT2D eigenvalue weighted by molar-refractivity contribution is -0.137. The highest BCUT2D eigenvalue weighted by molar-refractivity contribution is 6.00. The van der Waals surface area contributed by atoms with Gasteiger partial charge in [-0.2, -0.15) is 0 Å². The maximum absolute atomic E-state index is 12.7. The van der Waals surface area contributed by atoms with Crippen LogP contribution >= 0.6 is 0 Å². The lowest BCUT2D eigenvalue weighted by Crippen LogP contribution is -2.43. The largest absolute Gasteiger partial charge is 0.370 e. The van der Waals surface area contributed by atoms with Crippen LogP contribution in [-0.4, -0.2) is 42.3 Å². The van der Waals surface area contributed by atoms with Gasteiger partial charge in [-0.25, -0.2) is 0 Å². The first kappa shape index (κ1) is 16.5. The number of nitrogens with two attached hydrogens (primary N) is 1. The number of primary amides is 1. The average Bonchev–Trinajstić information content (AvgIpc) is 2.97. The molecule has 24 heavy (non-hydrogen) atoms. The molecule has 1 aromatic rings. The Hall–Kier alpha value is -2.37. The predicted octanol–water partition coefficient (Wildman–Crippen LogP) is 1.15. The van der Waals surface area contributed by atoms with Crippen LogP contribution in [0.3, 0.4) is 0 Å². The van der Waals surface area contributed by atoms with Gasteiger partial charge in [0.1, 0.15) is 0 Å². The summed E-state index contributed by atoms with van der Waals surface area (Å²) in [4.78, 5) is 39.5. The van der Waals surface area contributed by atoms with Crippen molar-refractivity contribution in [1.29, 1.82) is 0 Å². The van der Waals surface area contributed by atoms with E-state index >= 15 is 0 Å². The highest BCUT2D eigenvalue weighted by Crippen LogP contribution is 2.28. The second kappa shape index (κ2) is 7.03. The molecule has 1 unspecified atom stereocenters. The van der Waals surface area contributed by atoms with Gasteiger partial charge in [0.15, 0.2) is 0 Å². The number of hydrogen-bond donors (Lipinski definition) is 1. The normalized spacial score (nSPS) is 22.0. The van der Waals surface area contributed by atoms with Crippen LogP contribution in [-0.2, 0) is 14.4 Å². The zero-order valence-corrected chi connectivity index (χ0v) is 13.7. The third-order valence-electron chi connectivity index (χ3n) is 4.96. The lowest BCUT2D eigenvalue weighted by Gasteiger charge is -2.33. The van der Waals surface area contributed by atoms with E-state index < -0.39 is 0 Å². The molecular weight excluding hydrogens is 306 g/mol. The Kier molecular flexibility index (Phi) is 4.83. The van der Waals surface area contributed by atoms with Crippen LogP contribution in [0.2, 0.25) is 0 Å². The zero-order chi connectivity index (χ0) is 17.1. The van der Waals surface area contributed by atoms with Crippen molar-refractivity contribution in [1.82, 2.24) is 4.90 Å². The van der Waals surface area contributed by atoms with Crippen LogP contribution < -0.4 is 10.6 Å². The molecule has 2 N–H and O–H groups in total. The Morgan fingerprint density at radius 2 is 1.79 bits per heavy atom. The Labute approximate surface area is 141 Å². The van der Waals surface area contributed by atoms with E-state index in [4.69, 9.17) is 5.73 Å². The molecule has 0 aliphatic carbocycles. The predicted molar refractivity (Wildman–Crippen MR) is 90.0 cm³/mol. The van der Waals surface area contributed by atoms with Crippen molar-refractivity contribution in [3.63, 3.8) is 0 Å². The van der Waals surface area contributed by atoms with Gasteiger partial charge in [0.25, 0.3) is 0 Å². The number of benzene rings is 1. The van der Waals surface area contributed by atoms with E-state index in [9.17, 15) is 14.4 Å². The topological polar surface area (TPSA) is 83.7 Å². The van der Waals surface area contributed by atoms with Crippen molar-refractivity contribution in [3.8, 4) is 0 Å². The van der Waals surface area contributed by atoms with E-state index in [1.807, 2.05) is 35.2 Å². The second-order valence-electron chi connectivity index (χ2n) is 6.68. The fraction of sp³-hybridized carbons (Fsp3) is 0.500. The molecule has 128 valence electrons. The number of likely N-dealkylation sites (tertiary alicyclic amines) is 1. The number of carbonyl (C=O) groups is 3. The van der Waals surface area contributed by atoms with Gasteiger partial charge in [0.05, 0.1) is 5.92 Å². The molecule has 1 atom stereocenters. The monoisotopic (exact) mass is 329 g/mol. The summed E-state index contributed by atoms with van der Waals surface area (Å²) in [5, 5.41) is 0. The first-order chi connectivity index (χ1) is 11.5. The molecular formula is C18H23N3O3. The fourth-order valence-electron chi connectivity index (χ4n) is 3.63. The molecule has 1 aromatic carbocycles. The molecule has 0 aromatic heterocycles. The van der Waals surface area contributed by atoms with E-state index in [2.05, 4.69) is 0 Å². The van der Waals surface area contributed by atoms with Crippen molar-refractivity contribution in [2.75, 3.05) is 24.5 Å². The Bertz CT molecular complexity index is 624. The molecule has 3 rings (SSSR count). The minimum absolute atomic E-state index is 0.00293. The molecule has 0 bridgehead atoms. The Morgan fingerprint density at radius 1 is 1.12 bits per heavy atom. The van der Waals surface area contributed by atoms with Gasteiger partial charge in [-0.15, -0.1) is 0 Å². The number of carbonyl (C=O) groups excluding carboxylic acids is 3. The second-order valence-corrected chi connectivity index (χ2v) is 6.68. The van der Waals surface area contributed by atoms with Gasteiger partial charge in [0.2, 0.25) is 17.7 Å². The van der Waals surface area contributed by atoms with Crippen molar-refractivity contribution in [2.45, 2.75) is 25.7 Å². The maximum Gasteiger partial charge on any atom is 0.228 e. The summed E-state index contributed by atoms with van der Waals surface area (Å²) in [5.74, 6) is -0.217. The molecule has 2 saturated heterocycles. The first-order valence-electron chi connectivity index (χ1n) is 8.47. The van der Waals surface area contributed by atoms with Gasteiger partial charge >= 0.3 is 0 Å². The van der Waals surface area contributed by atoms with E-state index in [1.165, 1.54) is 0 Å². The fourth-order valence-corrected chi connectivity index (χ4v) is 3.63. The lowest BCUT2D eigenvalue weighted by atomic mass is 9.92. The van der Waals surface area contributed by atoms with Crippen LogP contribution in [0.15, 0.2) is 30.3 Å². The average molecular weight is 329 g/mol. The van der Waals surface area contributed by atoms with Crippen LogP contribution in [0.25, 0.3) is 0 Å². The maximum atomic E-state index is 12.7. The van der Waals surface area contributed by atoms with Gasteiger partial charge < -0.3 is 15.5 Å². The molecule has 2 aliphatic heterocycles. The van der Waals surface area contributed by atoms with Crippen LogP contribution in [0.4, 0.5) is 5.69 Å². The summed E-state index contributed by atoms with van der Waals surface area (Å²) in [6, 6.07) is 9.46. The van der Waals surface area contributed by atoms with E-state index in [-0.39, 0.29) is 36.0 Å². The summed E-state index contributed by atoms with van der Waals surface area (Å²) in [6.45, 7) is 1.74. The van der Waals surface area contributed by atoms with Crippen molar-refractivity contribution in [3.05, 3.63) is 30.3 Å². The quantitative estimate of drug-likeness (QED) is 0.899. The minimum atomic E-state index is -0.278. The Balaban J connectivity index is 1.57. The summed E-state index contributed by atoms with van der Waals surface area (Å²) < 4.78 is 0. The number of para-hydroxylation sites is 1. The number of amides is 3. The third kappa shape index (κ3) is 3.58. The van der Waals surface area contributed by atoms with Crippen LogP contribution in [0, 0.1) is 11.8 Å². The standard InChI is InChI=1S/C18H23N3O3/c19-16(22)10-13-6-8-20(9-7-13)18(24)14-11-17(23)21(12-14)15-4-2-1-3-5-15/h1-5,13-14H,6-12H2,(H2,19,22). The van der Waals surface area contributed by atoms with E-state index in [0.717, 1.165) is 18.5 Å². The van der Waals surface area contributed by atoms with Gasteiger partial charge in [-0.05, 0) is 30.9 Å². The van der Waals surface area contributed by atoms with E-state index in [1.54, 1.807) is 4.90 Å². The first-order valence-corrected chi connectivity index (χ1v) is 8.47. The van der Waals surface area contributed by atoms with Gasteiger partial charge in [0, 0.05) is 38.2 Å². The van der Waals surface area contributed by atoms with Gasteiger partial charge in [-0.3, -0.25) is 14.4 Å². The minimum Gasteiger partial charge on any atom is -0.370 e. The van der Waals surface area contributed by atoms with Crippen LogP contribution in [0.1, 0.15) is 25.7 Å². The molecule has 2 heterocycles. The summed E-state index contributed by atoms with van der Waals surface area (Å²) in [7, 11) is 0. The summed E-state index contributed by atoms with van der Waals surface area (Å²) in [6.07, 6.45) is 2.27. The summed E-state index contributed by atoms with van der Waals surface area (Å²) in [5.41, 5.74) is 6.09. The SMILES string of the molecule is NC(=O)CC1CCN(C(=O)C2CC(=O)N(c3ccccc3)C2)CC1. The van der Waals surface area contributed by atoms with Crippen molar-refractivity contribution < 1.29 is 14.4 Å². The highest BCUT2D eigenvalue weighted by Gasteiger charge is 2.38. The smallest absolute Gasteiger partial charge is 0.228 e. The highest BCUT2D eigenvalue weighted by atomic mass is 16.2. The molecule has 6 heteroatoms. The molecule has 3 amide bonds. The number of nitrogens with zero attached hydrogens (tertiary/aromatic N) is 2. The molecule has 2 fully saturated rings. The molecule has 6 nitrogen and oxygen atoms in total. The molecule has 2 aliphatic rings. The summed E-state index contributed by atoms with van der Waals surface area (Å²) >= 11 is 0. The Morgan fingerprint density at radius 3 is 2.42 bits per heavy atom. The number of hydrogen-bond acceptors (Lipinski definition) is 3. The molecule has 0 spiro atoms.